The first-order valence-electron chi connectivity index (χ1n) is 7.83. The van der Waals surface area contributed by atoms with Crippen molar-refractivity contribution >= 4 is 17.3 Å². The lowest BCUT2D eigenvalue weighted by atomic mass is 10.1. The Kier molecular flexibility index (Phi) is 4.88. The summed E-state index contributed by atoms with van der Waals surface area (Å²) >= 11 is 0. The first-order valence-corrected chi connectivity index (χ1v) is 7.83. The molecule has 1 aromatic rings. The summed E-state index contributed by atoms with van der Waals surface area (Å²) in [7, 11) is 1.72. The van der Waals surface area contributed by atoms with Crippen molar-refractivity contribution in [1.82, 2.24) is 0 Å². The molecule has 2 rings (SSSR count). The van der Waals surface area contributed by atoms with E-state index < -0.39 is 6.10 Å². The second-order valence-electron chi connectivity index (χ2n) is 6.04. The lowest BCUT2D eigenvalue weighted by Crippen LogP contribution is -2.31. The van der Waals surface area contributed by atoms with Crippen molar-refractivity contribution in [2.24, 2.45) is 0 Å². The molecular formula is C17H26N2O2. The van der Waals surface area contributed by atoms with Gasteiger partial charge in [0.15, 0.2) is 6.10 Å². The zero-order valence-corrected chi connectivity index (χ0v) is 13.5. The minimum Gasteiger partial charge on any atom is -0.378 e. The van der Waals surface area contributed by atoms with E-state index in [2.05, 4.69) is 25.7 Å². The SMILES string of the molecule is CCCCCN(c1ccc2c(c1)N(C)C(=O)C2O)C(C)C. The molecule has 1 heterocycles. The molecule has 0 saturated carbocycles. The smallest absolute Gasteiger partial charge is 0.260 e. The number of unbranched alkanes of at least 4 members (excludes halogenated alkanes) is 2. The highest BCUT2D eigenvalue weighted by Crippen LogP contribution is 2.37. The van der Waals surface area contributed by atoms with Gasteiger partial charge in [-0.05, 0) is 32.4 Å². The molecule has 4 nitrogen and oxygen atoms in total. The summed E-state index contributed by atoms with van der Waals surface area (Å²) in [6.07, 6.45) is 2.60. The molecule has 1 unspecified atom stereocenters. The molecule has 1 aliphatic heterocycles. The van der Waals surface area contributed by atoms with Gasteiger partial charge in [-0.15, -0.1) is 0 Å². The summed E-state index contributed by atoms with van der Waals surface area (Å²) < 4.78 is 0. The highest BCUT2D eigenvalue weighted by Gasteiger charge is 2.33. The molecule has 0 aromatic heterocycles. The van der Waals surface area contributed by atoms with E-state index in [9.17, 15) is 9.90 Å². The fourth-order valence-electron chi connectivity index (χ4n) is 2.89. The Morgan fingerprint density at radius 2 is 2.05 bits per heavy atom. The van der Waals surface area contributed by atoms with E-state index in [4.69, 9.17) is 0 Å². The highest BCUT2D eigenvalue weighted by atomic mass is 16.3. The Hall–Kier alpha value is -1.55. The average Bonchev–Trinajstić information content (AvgIpc) is 2.68. The van der Waals surface area contributed by atoms with Crippen molar-refractivity contribution in [1.29, 1.82) is 0 Å². The van der Waals surface area contributed by atoms with Gasteiger partial charge in [0.05, 0.1) is 5.69 Å². The summed E-state index contributed by atoms with van der Waals surface area (Å²) in [6.45, 7) is 7.59. The number of aliphatic hydroxyl groups is 1. The first-order chi connectivity index (χ1) is 9.97. The fourth-order valence-corrected chi connectivity index (χ4v) is 2.89. The van der Waals surface area contributed by atoms with Gasteiger partial charge < -0.3 is 14.9 Å². The second-order valence-corrected chi connectivity index (χ2v) is 6.04. The molecule has 1 aromatic carbocycles. The largest absolute Gasteiger partial charge is 0.378 e. The zero-order chi connectivity index (χ0) is 15.6. The third-order valence-electron chi connectivity index (χ3n) is 4.19. The maximum Gasteiger partial charge on any atom is 0.260 e. The number of carbonyl (C=O) groups is 1. The van der Waals surface area contributed by atoms with Gasteiger partial charge in [0.1, 0.15) is 0 Å². The van der Waals surface area contributed by atoms with Crippen molar-refractivity contribution in [3.05, 3.63) is 23.8 Å². The van der Waals surface area contributed by atoms with Crippen LogP contribution < -0.4 is 9.80 Å². The van der Waals surface area contributed by atoms with Crippen LogP contribution in [0, 0.1) is 0 Å². The van der Waals surface area contributed by atoms with E-state index in [1.54, 1.807) is 11.9 Å². The maximum absolute atomic E-state index is 11.9. The number of benzene rings is 1. The standard InChI is InChI=1S/C17H26N2O2/c1-5-6-7-10-19(12(2)3)13-8-9-14-15(11-13)18(4)17(21)16(14)20/h8-9,11-12,16,20H,5-7,10H2,1-4H3. The number of hydrogen-bond donors (Lipinski definition) is 1. The van der Waals surface area contributed by atoms with Crippen LogP contribution in [0.2, 0.25) is 0 Å². The van der Waals surface area contributed by atoms with Crippen LogP contribution >= 0.6 is 0 Å². The second kappa shape index (κ2) is 6.48. The van der Waals surface area contributed by atoms with Crippen LogP contribution in [0.15, 0.2) is 18.2 Å². The molecule has 4 heteroatoms. The van der Waals surface area contributed by atoms with Crippen LogP contribution in [-0.4, -0.2) is 30.6 Å². The Balaban J connectivity index is 2.26. The quantitative estimate of drug-likeness (QED) is 0.819. The van der Waals surface area contributed by atoms with E-state index in [0.29, 0.717) is 11.6 Å². The molecule has 21 heavy (non-hydrogen) atoms. The van der Waals surface area contributed by atoms with Gasteiger partial charge in [0.25, 0.3) is 5.91 Å². The number of hydrogen-bond acceptors (Lipinski definition) is 3. The van der Waals surface area contributed by atoms with Crippen LogP contribution in [0.1, 0.15) is 51.7 Å². The predicted octanol–water partition coefficient (Wildman–Crippen LogP) is 3.10. The van der Waals surface area contributed by atoms with Crippen molar-refractivity contribution in [3.63, 3.8) is 0 Å². The summed E-state index contributed by atoms with van der Waals surface area (Å²) in [5, 5.41) is 9.93. The molecule has 0 radical (unpaired) electrons. The van der Waals surface area contributed by atoms with Crippen LogP contribution in [0.4, 0.5) is 11.4 Å². The summed E-state index contributed by atoms with van der Waals surface area (Å²) in [5.74, 6) is -0.246. The third kappa shape index (κ3) is 3.05. The Morgan fingerprint density at radius 1 is 1.33 bits per heavy atom. The number of likely N-dealkylation sites (N-methyl/N-ethyl adjacent to an activating group) is 1. The van der Waals surface area contributed by atoms with E-state index in [1.165, 1.54) is 19.3 Å². The van der Waals surface area contributed by atoms with Crippen LogP contribution in [-0.2, 0) is 4.79 Å². The Labute approximate surface area is 127 Å². The number of fused-ring (bicyclic) bond motifs is 1. The Morgan fingerprint density at radius 3 is 2.67 bits per heavy atom. The van der Waals surface area contributed by atoms with E-state index in [1.807, 2.05) is 18.2 Å². The topological polar surface area (TPSA) is 43.8 Å². The molecular weight excluding hydrogens is 264 g/mol. The molecule has 0 saturated heterocycles. The van der Waals surface area contributed by atoms with Gasteiger partial charge in [-0.3, -0.25) is 4.79 Å². The lowest BCUT2D eigenvalue weighted by molar-refractivity contribution is -0.125. The number of anilines is 2. The molecule has 0 aliphatic carbocycles. The number of carbonyl (C=O) groups excluding carboxylic acids is 1. The van der Waals surface area contributed by atoms with Crippen molar-refractivity contribution in [3.8, 4) is 0 Å². The molecule has 1 aliphatic rings. The van der Waals surface area contributed by atoms with E-state index >= 15 is 0 Å². The summed E-state index contributed by atoms with van der Waals surface area (Å²) in [5.41, 5.74) is 2.66. The maximum atomic E-state index is 11.9. The van der Waals surface area contributed by atoms with Gasteiger partial charge in [-0.2, -0.15) is 0 Å². The van der Waals surface area contributed by atoms with Crippen molar-refractivity contribution in [2.75, 3.05) is 23.4 Å². The van der Waals surface area contributed by atoms with Gasteiger partial charge in [-0.25, -0.2) is 0 Å². The normalized spacial score (nSPS) is 17.5. The van der Waals surface area contributed by atoms with Gasteiger partial charge in [0, 0.05) is 30.9 Å². The molecule has 116 valence electrons. The molecule has 0 bridgehead atoms. The lowest BCUT2D eigenvalue weighted by Gasteiger charge is -2.30. The third-order valence-corrected chi connectivity index (χ3v) is 4.19. The van der Waals surface area contributed by atoms with Crippen LogP contribution in [0.5, 0.6) is 0 Å². The summed E-state index contributed by atoms with van der Waals surface area (Å²) in [4.78, 5) is 15.8. The number of rotatable bonds is 6. The molecule has 1 N–H and O–H groups in total. The van der Waals surface area contributed by atoms with Gasteiger partial charge >= 0.3 is 0 Å². The predicted molar refractivity (Wildman–Crippen MR) is 86.8 cm³/mol. The fraction of sp³-hybridized carbons (Fsp3) is 0.588. The first kappa shape index (κ1) is 15.8. The van der Waals surface area contributed by atoms with Crippen LogP contribution in [0.3, 0.4) is 0 Å². The number of aliphatic hydroxyl groups excluding tert-OH is 1. The molecule has 1 amide bonds. The minimum absolute atomic E-state index is 0.246. The molecule has 0 spiro atoms. The summed E-state index contributed by atoms with van der Waals surface area (Å²) in [6, 6.07) is 6.33. The van der Waals surface area contributed by atoms with E-state index in [-0.39, 0.29) is 5.91 Å². The zero-order valence-electron chi connectivity index (χ0n) is 13.5. The Bertz CT molecular complexity index is 514. The minimum atomic E-state index is -1.01. The van der Waals surface area contributed by atoms with Crippen molar-refractivity contribution in [2.45, 2.75) is 52.2 Å². The highest BCUT2D eigenvalue weighted by molar-refractivity contribution is 6.03. The monoisotopic (exact) mass is 290 g/mol. The number of amides is 1. The average molecular weight is 290 g/mol. The number of nitrogens with zero attached hydrogens (tertiary/aromatic N) is 2. The van der Waals surface area contributed by atoms with Gasteiger partial charge in [-0.1, -0.05) is 25.8 Å². The van der Waals surface area contributed by atoms with Gasteiger partial charge in [0.2, 0.25) is 0 Å². The van der Waals surface area contributed by atoms with Crippen LogP contribution in [0.25, 0.3) is 0 Å². The molecule has 1 atom stereocenters. The molecule has 0 fully saturated rings. The van der Waals surface area contributed by atoms with E-state index in [0.717, 1.165) is 17.9 Å². The van der Waals surface area contributed by atoms with Crippen molar-refractivity contribution < 1.29 is 9.90 Å².